The van der Waals surface area contributed by atoms with Crippen LogP contribution in [0.15, 0.2) is 235 Å². The van der Waals surface area contributed by atoms with Gasteiger partial charge in [-0.05, 0) is 139 Å². The summed E-state index contributed by atoms with van der Waals surface area (Å²) in [5, 5.41) is 17.5. The lowest BCUT2D eigenvalue weighted by atomic mass is 9.93. The number of rotatable bonds is 4. The summed E-state index contributed by atoms with van der Waals surface area (Å²) in [7, 11) is 0. The molecule has 12 aromatic carbocycles. The zero-order valence-electron chi connectivity index (χ0n) is 38.2. The summed E-state index contributed by atoms with van der Waals surface area (Å²) in [5.74, 6) is 0. The molecule has 0 fully saturated rings. The van der Waals surface area contributed by atoms with E-state index in [-0.39, 0.29) is 0 Å². The molecule has 0 aliphatic rings. The third-order valence-electron chi connectivity index (χ3n) is 15.9. The lowest BCUT2D eigenvalue weighted by Crippen LogP contribution is -1.85. The van der Waals surface area contributed by atoms with Crippen molar-refractivity contribution in [1.82, 2.24) is 8.80 Å². The first-order valence-electron chi connectivity index (χ1n) is 24.6. The number of hydrogen-bond donors (Lipinski definition) is 0. The maximum atomic E-state index is 6.25. The lowest BCUT2D eigenvalue weighted by molar-refractivity contribution is 0.669. The molecular formula is C68H38N2O. The lowest BCUT2D eigenvalue weighted by Gasteiger charge is -2.09. The van der Waals surface area contributed by atoms with E-state index in [4.69, 9.17) is 4.42 Å². The molecule has 0 spiro atoms. The molecule has 5 aromatic heterocycles. The van der Waals surface area contributed by atoms with Crippen LogP contribution in [0, 0.1) is 0 Å². The van der Waals surface area contributed by atoms with Gasteiger partial charge in [0.25, 0.3) is 0 Å². The highest BCUT2D eigenvalue weighted by Crippen LogP contribution is 2.47. The maximum Gasteiger partial charge on any atom is 0.135 e. The Morgan fingerprint density at radius 2 is 0.746 bits per heavy atom. The van der Waals surface area contributed by atoms with Gasteiger partial charge in [0.1, 0.15) is 11.2 Å². The van der Waals surface area contributed by atoms with Crippen LogP contribution >= 0.6 is 0 Å². The number of nitrogens with zero attached hydrogens (tertiary/aromatic N) is 2. The van der Waals surface area contributed by atoms with E-state index in [1.807, 2.05) is 6.07 Å². The minimum Gasteiger partial charge on any atom is -0.456 e. The zero-order valence-corrected chi connectivity index (χ0v) is 38.2. The van der Waals surface area contributed by atoms with Crippen LogP contribution in [-0.2, 0) is 0 Å². The van der Waals surface area contributed by atoms with Crippen molar-refractivity contribution in [3.8, 4) is 44.5 Å². The molecule has 0 aliphatic heterocycles. The van der Waals surface area contributed by atoms with Crippen LogP contribution in [0.4, 0.5) is 0 Å². The van der Waals surface area contributed by atoms with Gasteiger partial charge in [-0.25, -0.2) is 0 Å². The van der Waals surface area contributed by atoms with Crippen LogP contribution in [0.1, 0.15) is 0 Å². The quantitative estimate of drug-likeness (QED) is 0.172. The highest BCUT2D eigenvalue weighted by molar-refractivity contribution is 6.29. The first-order chi connectivity index (χ1) is 35.2. The highest BCUT2D eigenvalue weighted by Gasteiger charge is 2.23. The SMILES string of the molecule is c1ccc(-c2ccc(-c3ccc4c(c3)c3cccc5c6cc7ccc(-c8ccc9c%10cc%11ccccc%11cc%10n%10c%11ccc(-c%12ccc%13oc%14ccccc%14c%13c%12)cc%11c8c9%10)cc7cc6n4c35)cc2)cc1. The molecular weight excluding hydrogens is 861 g/mol. The fraction of sp³-hybridized carbons (Fsp3) is 0. The van der Waals surface area contributed by atoms with Gasteiger partial charge in [0.15, 0.2) is 0 Å². The van der Waals surface area contributed by atoms with Crippen LogP contribution < -0.4 is 0 Å². The molecule has 71 heavy (non-hydrogen) atoms. The predicted octanol–water partition coefficient (Wildman–Crippen LogP) is 18.9. The summed E-state index contributed by atoms with van der Waals surface area (Å²) >= 11 is 0. The van der Waals surface area contributed by atoms with Gasteiger partial charge in [-0.3, -0.25) is 0 Å². The zero-order chi connectivity index (χ0) is 46.1. The van der Waals surface area contributed by atoms with Crippen LogP contribution in [0.3, 0.4) is 0 Å². The summed E-state index contributed by atoms with van der Waals surface area (Å²) in [5.41, 5.74) is 19.0. The fourth-order valence-electron chi connectivity index (χ4n) is 12.6. The summed E-state index contributed by atoms with van der Waals surface area (Å²) in [4.78, 5) is 0. The molecule has 5 heterocycles. The molecule has 0 atom stereocenters. The monoisotopic (exact) mass is 898 g/mol. The second-order valence-corrected chi connectivity index (χ2v) is 19.6. The Bertz CT molecular complexity index is 5090. The fourth-order valence-corrected chi connectivity index (χ4v) is 12.6. The number of fused-ring (bicyclic) bond motifs is 17. The molecule has 0 radical (unpaired) electrons. The van der Waals surface area contributed by atoms with Gasteiger partial charge in [0, 0.05) is 53.9 Å². The number of para-hydroxylation sites is 2. The normalized spacial score (nSPS) is 12.5. The number of aromatic nitrogens is 2. The molecule has 17 rings (SSSR count). The number of hydrogen-bond acceptors (Lipinski definition) is 1. The second-order valence-electron chi connectivity index (χ2n) is 19.6. The van der Waals surface area contributed by atoms with Gasteiger partial charge in [0.2, 0.25) is 0 Å². The largest absolute Gasteiger partial charge is 0.456 e. The third-order valence-corrected chi connectivity index (χ3v) is 15.9. The standard InChI is InChI=1S/C68H38N2O/c1-2-9-39(10-3-1)40-17-19-41(20-18-40)44-23-28-60-55(33-44)52-14-8-15-53-56-34-47-21-22-48(31-49(47)38-63(56)69(60)67(52)53)50-26-27-54-57-32-42-11-4-5-12-43(42)37-62(57)70-61-29-24-45(36-59(61)66(50)68(54)70)46-25-30-65-58(35-46)51-13-6-7-16-64(51)71-65/h1-38H. The number of benzene rings is 12. The molecule has 3 nitrogen and oxygen atoms in total. The first-order valence-corrected chi connectivity index (χ1v) is 24.6. The molecule has 17 aromatic rings. The minimum absolute atomic E-state index is 0.910. The van der Waals surface area contributed by atoms with E-state index in [1.165, 1.54) is 142 Å². The average molecular weight is 899 g/mol. The summed E-state index contributed by atoms with van der Waals surface area (Å²) in [6.45, 7) is 0. The van der Waals surface area contributed by atoms with E-state index in [2.05, 4.69) is 233 Å². The van der Waals surface area contributed by atoms with Crippen molar-refractivity contribution in [3.63, 3.8) is 0 Å². The Labute approximate surface area is 405 Å². The minimum atomic E-state index is 0.910. The van der Waals surface area contributed by atoms with E-state index in [9.17, 15) is 0 Å². The van der Waals surface area contributed by atoms with E-state index < -0.39 is 0 Å². The van der Waals surface area contributed by atoms with Crippen LogP contribution in [0.25, 0.3) is 164 Å². The molecule has 0 saturated carbocycles. The topological polar surface area (TPSA) is 22.0 Å². The third kappa shape index (κ3) is 5.11. The van der Waals surface area contributed by atoms with E-state index in [1.54, 1.807) is 0 Å². The molecule has 326 valence electrons. The van der Waals surface area contributed by atoms with Gasteiger partial charge < -0.3 is 13.2 Å². The highest BCUT2D eigenvalue weighted by atomic mass is 16.3. The first kappa shape index (κ1) is 37.5. The Hall–Kier alpha value is -9.44. The molecule has 0 bridgehead atoms. The van der Waals surface area contributed by atoms with Crippen molar-refractivity contribution in [2.24, 2.45) is 0 Å². The van der Waals surface area contributed by atoms with Crippen LogP contribution in [0.2, 0.25) is 0 Å². The summed E-state index contributed by atoms with van der Waals surface area (Å²) in [6.07, 6.45) is 0. The molecule has 0 unspecified atom stereocenters. The van der Waals surface area contributed by atoms with E-state index in [0.29, 0.717) is 0 Å². The molecule has 3 heteroatoms. The summed E-state index contributed by atoms with van der Waals surface area (Å²) in [6, 6.07) is 85.7. The smallest absolute Gasteiger partial charge is 0.135 e. The Balaban J connectivity index is 0.866. The van der Waals surface area contributed by atoms with Gasteiger partial charge in [0.05, 0.1) is 33.1 Å². The predicted molar refractivity (Wildman–Crippen MR) is 300 cm³/mol. The molecule has 0 N–H and O–H groups in total. The van der Waals surface area contributed by atoms with E-state index in [0.717, 1.165) is 21.9 Å². The second kappa shape index (κ2) is 13.6. The maximum absolute atomic E-state index is 6.25. The van der Waals surface area contributed by atoms with Crippen LogP contribution in [-0.4, -0.2) is 8.80 Å². The van der Waals surface area contributed by atoms with Crippen molar-refractivity contribution >= 4 is 120 Å². The molecule has 0 amide bonds. The average Bonchev–Trinajstić information content (AvgIpc) is 4.23. The van der Waals surface area contributed by atoms with Crippen molar-refractivity contribution in [1.29, 1.82) is 0 Å². The van der Waals surface area contributed by atoms with Crippen molar-refractivity contribution in [2.45, 2.75) is 0 Å². The Morgan fingerprint density at radius 3 is 1.54 bits per heavy atom. The van der Waals surface area contributed by atoms with Gasteiger partial charge >= 0.3 is 0 Å². The Morgan fingerprint density at radius 1 is 0.239 bits per heavy atom. The van der Waals surface area contributed by atoms with E-state index >= 15 is 0 Å². The van der Waals surface area contributed by atoms with Crippen LogP contribution in [0.5, 0.6) is 0 Å². The Kier molecular flexibility index (Phi) is 7.20. The van der Waals surface area contributed by atoms with Gasteiger partial charge in [-0.2, -0.15) is 0 Å². The number of furan rings is 1. The van der Waals surface area contributed by atoms with Crippen molar-refractivity contribution < 1.29 is 4.42 Å². The molecule has 0 aliphatic carbocycles. The molecule has 0 saturated heterocycles. The van der Waals surface area contributed by atoms with Gasteiger partial charge in [-0.15, -0.1) is 0 Å². The van der Waals surface area contributed by atoms with Crippen molar-refractivity contribution in [3.05, 3.63) is 231 Å². The van der Waals surface area contributed by atoms with Crippen molar-refractivity contribution in [2.75, 3.05) is 0 Å². The van der Waals surface area contributed by atoms with Gasteiger partial charge in [-0.1, -0.05) is 158 Å². The summed E-state index contributed by atoms with van der Waals surface area (Å²) < 4.78 is 11.3.